The van der Waals surface area contributed by atoms with Gasteiger partial charge in [-0.2, -0.15) is 0 Å². The number of halogens is 1. The van der Waals surface area contributed by atoms with Crippen molar-refractivity contribution in [2.45, 2.75) is 53.1 Å². The van der Waals surface area contributed by atoms with Crippen molar-refractivity contribution >= 4 is 35.8 Å². The topological polar surface area (TPSA) is 65.5 Å². The van der Waals surface area contributed by atoms with Crippen molar-refractivity contribution in [3.63, 3.8) is 0 Å². The smallest absolute Gasteiger partial charge is 0.239 e. The molecule has 1 rings (SSSR count). The largest absolute Gasteiger partial charge is 0.357 e. The van der Waals surface area contributed by atoms with E-state index in [1.807, 2.05) is 39.8 Å². The van der Waals surface area contributed by atoms with Gasteiger partial charge in [0.15, 0.2) is 5.96 Å². The number of hydrogen-bond acceptors (Lipinski definition) is 2. The van der Waals surface area contributed by atoms with E-state index < -0.39 is 0 Å². The predicted molar refractivity (Wildman–Crippen MR) is 112 cm³/mol. The van der Waals surface area contributed by atoms with Crippen LogP contribution in [-0.2, 0) is 17.8 Å². The summed E-state index contributed by atoms with van der Waals surface area (Å²) in [6.45, 7) is 11.6. The molecule has 0 aliphatic rings. The summed E-state index contributed by atoms with van der Waals surface area (Å²) in [6, 6.07) is 8.30. The highest BCUT2D eigenvalue weighted by molar-refractivity contribution is 14.0. The average Bonchev–Trinajstić information content (AvgIpc) is 2.48. The number of guanidine groups is 1. The third-order valence-corrected chi connectivity index (χ3v) is 3.18. The van der Waals surface area contributed by atoms with Crippen molar-refractivity contribution in [1.82, 2.24) is 16.0 Å². The molecule has 1 aromatic carbocycles. The van der Waals surface area contributed by atoms with Gasteiger partial charge in [-0.25, -0.2) is 4.99 Å². The second-order valence-corrected chi connectivity index (χ2v) is 6.47. The molecule has 0 fully saturated rings. The fourth-order valence-electron chi connectivity index (χ4n) is 2.19. The van der Waals surface area contributed by atoms with Crippen molar-refractivity contribution in [3.05, 3.63) is 35.4 Å². The van der Waals surface area contributed by atoms with Crippen LogP contribution in [0.1, 0.15) is 45.7 Å². The van der Waals surface area contributed by atoms with Gasteiger partial charge >= 0.3 is 0 Å². The van der Waals surface area contributed by atoms with Crippen LogP contribution in [0, 0.1) is 0 Å². The molecule has 0 bridgehead atoms. The molecule has 1 amide bonds. The Morgan fingerprint density at radius 3 is 2.25 bits per heavy atom. The Morgan fingerprint density at radius 2 is 1.71 bits per heavy atom. The summed E-state index contributed by atoms with van der Waals surface area (Å²) < 4.78 is 0. The third kappa shape index (κ3) is 9.10. The van der Waals surface area contributed by atoms with Crippen LogP contribution in [-0.4, -0.2) is 30.5 Å². The lowest BCUT2D eigenvalue weighted by atomic mass is 10.1. The van der Waals surface area contributed by atoms with Crippen LogP contribution in [0.4, 0.5) is 0 Å². The number of nitrogens with one attached hydrogen (secondary N) is 3. The average molecular weight is 446 g/mol. The monoisotopic (exact) mass is 446 g/mol. The molecule has 0 atom stereocenters. The van der Waals surface area contributed by atoms with E-state index in [-0.39, 0.29) is 42.0 Å². The van der Waals surface area contributed by atoms with Crippen molar-refractivity contribution in [2.75, 3.05) is 13.1 Å². The highest BCUT2D eigenvalue weighted by atomic mass is 127. The molecule has 0 aliphatic heterocycles. The molecular weight excluding hydrogens is 415 g/mol. The van der Waals surface area contributed by atoms with E-state index in [9.17, 15) is 4.79 Å². The second kappa shape index (κ2) is 11.3. The molecular formula is C18H31IN4O. The maximum absolute atomic E-state index is 11.9. The van der Waals surface area contributed by atoms with Crippen molar-refractivity contribution < 1.29 is 4.79 Å². The summed E-state index contributed by atoms with van der Waals surface area (Å²) in [5.41, 5.74) is 2.29. The van der Waals surface area contributed by atoms with Crippen LogP contribution < -0.4 is 16.0 Å². The zero-order valence-electron chi connectivity index (χ0n) is 15.4. The number of amides is 1. The van der Waals surface area contributed by atoms with Gasteiger partial charge in [0.1, 0.15) is 0 Å². The Morgan fingerprint density at radius 1 is 1.08 bits per heavy atom. The second-order valence-electron chi connectivity index (χ2n) is 6.47. The molecule has 0 spiro atoms. The Labute approximate surface area is 163 Å². The van der Waals surface area contributed by atoms with Gasteiger partial charge in [-0.05, 0) is 45.2 Å². The minimum atomic E-state index is -0.228. The number of hydrogen-bond donors (Lipinski definition) is 3. The highest BCUT2D eigenvalue weighted by Crippen LogP contribution is 2.10. The van der Waals surface area contributed by atoms with Gasteiger partial charge in [0.25, 0.3) is 0 Å². The maximum Gasteiger partial charge on any atom is 0.239 e. The fraction of sp³-hybridized carbons (Fsp3) is 0.556. The van der Waals surface area contributed by atoms with Crippen molar-refractivity contribution in [2.24, 2.45) is 4.99 Å². The number of carbonyl (C=O) groups is 1. The Kier molecular flexibility index (Phi) is 10.7. The molecule has 24 heavy (non-hydrogen) atoms. The van der Waals surface area contributed by atoms with Gasteiger partial charge in [0.05, 0.1) is 13.1 Å². The van der Waals surface area contributed by atoms with Gasteiger partial charge < -0.3 is 16.0 Å². The van der Waals surface area contributed by atoms with Crippen LogP contribution >= 0.6 is 24.0 Å². The summed E-state index contributed by atoms with van der Waals surface area (Å²) >= 11 is 0. The lowest BCUT2D eigenvalue weighted by Crippen LogP contribution is -2.48. The van der Waals surface area contributed by atoms with E-state index >= 15 is 0 Å². The SMILES string of the molecule is CCNC(=NCc1ccccc1CC)NCC(=O)NC(C)(C)C.I. The first-order chi connectivity index (χ1) is 10.9. The van der Waals surface area contributed by atoms with Crippen LogP contribution in [0.5, 0.6) is 0 Å². The van der Waals surface area contributed by atoms with E-state index in [1.54, 1.807) is 0 Å². The van der Waals surface area contributed by atoms with Crippen LogP contribution in [0.25, 0.3) is 0 Å². The van der Waals surface area contributed by atoms with E-state index in [4.69, 9.17) is 0 Å². The molecule has 0 aliphatic carbocycles. The summed E-state index contributed by atoms with van der Waals surface area (Å²) in [7, 11) is 0. The number of nitrogens with zero attached hydrogens (tertiary/aromatic N) is 1. The molecule has 0 unspecified atom stereocenters. The highest BCUT2D eigenvalue weighted by Gasteiger charge is 2.13. The molecule has 5 nitrogen and oxygen atoms in total. The number of aryl methyl sites for hydroxylation is 1. The van der Waals surface area contributed by atoms with Gasteiger partial charge in [0.2, 0.25) is 5.91 Å². The lowest BCUT2D eigenvalue weighted by Gasteiger charge is -2.21. The molecule has 136 valence electrons. The number of rotatable bonds is 6. The molecule has 0 radical (unpaired) electrons. The number of carbonyl (C=O) groups excluding carboxylic acids is 1. The maximum atomic E-state index is 11.9. The van der Waals surface area contributed by atoms with E-state index in [0.29, 0.717) is 12.5 Å². The summed E-state index contributed by atoms with van der Waals surface area (Å²) in [5.74, 6) is 0.611. The lowest BCUT2D eigenvalue weighted by molar-refractivity contribution is -0.121. The summed E-state index contributed by atoms with van der Waals surface area (Å²) in [5, 5.41) is 9.17. The van der Waals surface area contributed by atoms with E-state index in [2.05, 4.69) is 40.0 Å². The Bertz CT molecular complexity index is 538. The predicted octanol–water partition coefficient (Wildman–Crippen LogP) is 2.84. The van der Waals surface area contributed by atoms with E-state index in [0.717, 1.165) is 13.0 Å². The van der Waals surface area contributed by atoms with Crippen LogP contribution in [0.2, 0.25) is 0 Å². The van der Waals surface area contributed by atoms with Crippen LogP contribution in [0.15, 0.2) is 29.3 Å². The zero-order valence-corrected chi connectivity index (χ0v) is 17.7. The molecule has 0 heterocycles. The van der Waals surface area contributed by atoms with Crippen molar-refractivity contribution in [1.29, 1.82) is 0 Å². The zero-order chi connectivity index (χ0) is 17.3. The van der Waals surface area contributed by atoms with Crippen LogP contribution in [0.3, 0.4) is 0 Å². The number of benzene rings is 1. The quantitative estimate of drug-likeness (QED) is 0.358. The van der Waals surface area contributed by atoms with Gasteiger partial charge in [0, 0.05) is 12.1 Å². The summed E-state index contributed by atoms with van der Waals surface area (Å²) in [6.07, 6.45) is 0.990. The Balaban J connectivity index is 0.00000529. The molecule has 6 heteroatoms. The first-order valence-corrected chi connectivity index (χ1v) is 8.25. The first-order valence-electron chi connectivity index (χ1n) is 8.25. The minimum Gasteiger partial charge on any atom is -0.357 e. The molecule has 0 saturated carbocycles. The summed E-state index contributed by atoms with van der Waals surface area (Å²) in [4.78, 5) is 16.5. The molecule has 0 aromatic heterocycles. The molecule has 0 saturated heterocycles. The first kappa shape index (κ1) is 22.7. The fourth-order valence-corrected chi connectivity index (χ4v) is 2.19. The van der Waals surface area contributed by atoms with Gasteiger partial charge in [-0.3, -0.25) is 4.79 Å². The van der Waals surface area contributed by atoms with Gasteiger partial charge in [-0.1, -0.05) is 31.2 Å². The Hall–Kier alpha value is -1.31. The molecule has 1 aromatic rings. The van der Waals surface area contributed by atoms with Gasteiger partial charge in [-0.15, -0.1) is 24.0 Å². The minimum absolute atomic E-state index is 0. The standard InChI is InChI=1S/C18H30N4O.HI/c1-6-14-10-8-9-11-15(14)12-20-17(19-7-2)21-13-16(23)22-18(3,4)5;/h8-11H,6-7,12-13H2,1-5H3,(H,22,23)(H2,19,20,21);1H. The third-order valence-electron chi connectivity index (χ3n) is 3.18. The van der Waals surface area contributed by atoms with Crippen molar-refractivity contribution in [3.8, 4) is 0 Å². The van der Waals surface area contributed by atoms with E-state index in [1.165, 1.54) is 11.1 Å². The number of aliphatic imine (C=N–C) groups is 1. The molecule has 3 N–H and O–H groups in total. The normalized spacial score (nSPS) is 11.5.